The van der Waals surface area contributed by atoms with Gasteiger partial charge in [-0.2, -0.15) is 0 Å². The van der Waals surface area contributed by atoms with E-state index in [4.69, 9.17) is 92.8 Å². The first kappa shape index (κ1) is 18.9. The minimum atomic E-state index is -2.22. The molecule has 21 heavy (non-hydrogen) atoms. The molecule has 2 aromatic heterocycles. The molecule has 0 unspecified atom stereocenters. The third-order valence-electron chi connectivity index (χ3n) is 2.44. The molecule has 0 amide bonds. The quantitative estimate of drug-likeness (QED) is 0.312. The van der Waals surface area contributed by atoms with E-state index in [9.17, 15) is 0 Å². The van der Waals surface area contributed by atoms with Gasteiger partial charge in [-0.15, -0.1) is 0 Å². The summed E-state index contributed by atoms with van der Waals surface area (Å²) in [5, 5.41) is 1.14. The van der Waals surface area contributed by atoms with Crippen molar-refractivity contribution in [3.05, 3.63) is 40.4 Å². The maximum atomic E-state index is 6.14. The molecular weight excluding hydrogens is 632 g/mol. The van der Waals surface area contributed by atoms with Gasteiger partial charge in [-0.25, -0.2) is 0 Å². The fourth-order valence-corrected chi connectivity index (χ4v) is 11.5. The Morgan fingerprint density at radius 2 is 0.810 bits per heavy atom. The molecule has 0 aliphatic rings. The van der Waals surface area contributed by atoms with Crippen molar-refractivity contribution in [1.29, 1.82) is 0 Å². The van der Waals surface area contributed by atoms with Crippen molar-refractivity contribution < 1.29 is 24.6 Å². The van der Waals surface area contributed by atoms with Crippen molar-refractivity contribution in [2.75, 3.05) is 0 Å². The van der Waals surface area contributed by atoms with Crippen LogP contribution in [0.1, 0.15) is 0 Å². The Hall–Kier alpha value is 1.56. The van der Waals surface area contributed by atoms with Crippen LogP contribution in [0.15, 0.2) is 0 Å². The van der Waals surface area contributed by atoms with Crippen LogP contribution in [0, 0.1) is 0 Å². The molecule has 11 heteroatoms. The molecule has 108 valence electrons. The zero-order valence-corrected chi connectivity index (χ0v) is 21.2. The van der Waals surface area contributed by atoms with Gasteiger partial charge < -0.3 is 0 Å². The first-order valence-corrected chi connectivity index (χ1v) is 13.6. The van der Waals surface area contributed by atoms with Gasteiger partial charge in [0, 0.05) is 0 Å². The Kier molecular flexibility index (Phi) is 6.86. The van der Waals surface area contributed by atoms with E-state index in [1.165, 1.54) is 0 Å². The summed E-state index contributed by atoms with van der Waals surface area (Å²) in [5.74, 6) is 0. The van der Waals surface area contributed by atoms with E-state index in [-0.39, 0.29) is 40.4 Å². The number of hydrogen-bond acceptors (Lipinski definition) is 2. The Balaban J connectivity index is 2.54. The van der Waals surface area contributed by atoms with Crippen LogP contribution in [-0.4, -0.2) is 9.97 Å². The first-order chi connectivity index (χ1) is 9.73. The van der Waals surface area contributed by atoms with Crippen LogP contribution in [0.3, 0.4) is 0 Å². The number of halogens is 8. The monoisotopic (exact) mass is 630 g/mol. The Morgan fingerprint density at radius 3 is 1.14 bits per heavy atom. The molecule has 0 atom stereocenters. The summed E-state index contributed by atoms with van der Waals surface area (Å²) >= 11 is 45.6. The Morgan fingerprint density at radius 1 is 0.476 bits per heavy atom. The van der Waals surface area contributed by atoms with Crippen LogP contribution in [0.2, 0.25) is 40.4 Å². The molecule has 0 N–H and O–H groups in total. The molecular formula is C10Cl8HgN2. The second-order valence-corrected chi connectivity index (χ2v) is 13.3. The molecule has 0 bridgehead atoms. The Bertz CT molecular complexity index is 674. The number of rotatable bonds is 2. The predicted molar refractivity (Wildman–Crippen MR) is 87.8 cm³/mol. The summed E-state index contributed by atoms with van der Waals surface area (Å²) < 4.78 is 1.11. The molecule has 0 aliphatic heterocycles. The van der Waals surface area contributed by atoms with Gasteiger partial charge in [0.1, 0.15) is 0 Å². The van der Waals surface area contributed by atoms with Crippen molar-refractivity contribution in [1.82, 2.24) is 9.97 Å². The topological polar surface area (TPSA) is 25.8 Å². The second-order valence-electron chi connectivity index (χ2n) is 3.76. The van der Waals surface area contributed by atoms with E-state index in [1.54, 1.807) is 0 Å². The average Bonchev–Trinajstić information content (AvgIpc) is 2.45. The summed E-state index contributed by atoms with van der Waals surface area (Å²) in [4.78, 5) is 8.30. The third-order valence-corrected chi connectivity index (χ3v) is 14.2. The van der Waals surface area contributed by atoms with Gasteiger partial charge in [-0.1, -0.05) is 0 Å². The van der Waals surface area contributed by atoms with Crippen LogP contribution in [-0.2, 0) is 24.6 Å². The van der Waals surface area contributed by atoms with Gasteiger partial charge in [0.25, 0.3) is 0 Å². The zero-order valence-electron chi connectivity index (χ0n) is 9.63. The van der Waals surface area contributed by atoms with Crippen molar-refractivity contribution >= 4 is 99.2 Å². The van der Waals surface area contributed by atoms with E-state index >= 15 is 0 Å². The van der Waals surface area contributed by atoms with E-state index in [2.05, 4.69) is 9.97 Å². The molecule has 0 aromatic carbocycles. The molecule has 0 radical (unpaired) electrons. The average molecular weight is 632 g/mol. The zero-order chi connectivity index (χ0) is 15.9. The number of pyridine rings is 2. The molecule has 2 aromatic rings. The summed E-state index contributed by atoms with van der Waals surface area (Å²) in [6, 6.07) is 0. The SMILES string of the molecule is Clc1n[c]([Hg][c]2nc(Cl)c(Cl)c(Cl)c2Cl)c(Cl)c(Cl)c1Cl. The minimum absolute atomic E-state index is 0.0725. The Labute approximate surface area is 172 Å². The van der Waals surface area contributed by atoms with E-state index in [0.717, 1.165) is 0 Å². The molecule has 0 spiro atoms. The fraction of sp³-hybridized carbons (Fsp3) is 0. The summed E-state index contributed by atoms with van der Waals surface area (Å²) in [6.45, 7) is 0. The molecule has 2 nitrogen and oxygen atoms in total. The third kappa shape index (κ3) is 3.97. The van der Waals surface area contributed by atoms with Crippen molar-refractivity contribution in [3.63, 3.8) is 0 Å². The predicted octanol–water partition coefficient (Wildman–Crippen LogP) is 5.74. The summed E-state index contributed by atoms with van der Waals surface area (Å²) in [6.07, 6.45) is 0. The molecule has 2 rings (SSSR count). The van der Waals surface area contributed by atoms with E-state index in [1.807, 2.05) is 0 Å². The van der Waals surface area contributed by atoms with Gasteiger partial charge in [-0.3, -0.25) is 0 Å². The van der Waals surface area contributed by atoms with Gasteiger partial charge in [0.2, 0.25) is 0 Å². The normalized spacial score (nSPS) is 10.7. The number of hydrogen-bond donors (Lipinski definition) is 0. The fourth-order valence-electron chi connectivity index (χ4n) is 1.45. The van der Waals surface area contributed by atoms with Gasteiger partial charge >= 0.3 is 174 Å². The van der Waals surface area contributed by atoms with Crippen molar-refractivity contribution in [2.24, 2.45) is 0 Å². The molecule has 0 fully saturated rings. The summed E-state index contributed by atoms with van der Waals surface area (Å²) in [7, 11) is 0. The van der Waals surface area contributed by atoms with Crippen LogP contribution in [0.4, 0.5) is 0 Å². The van der Waals surface area contributed by atoms with E-state index < -0.39 is 24.6 Å². The van der Waals surface area contributed by atoms with Crippen LogP contribution in [0.25, 0.3) is 0 Å². The van der Waals surface area contributed by atoms with E-state index in [0.29, 0.717) is 6.41 Å². The van der Waals surface area contributed by atoms with Crippen LogP contribution >= 0.6 is 92.8 Å². The molecule has 0 saturated heterocycles. The standard InChI is InChI=1S/2C5Cl4N.Hg/c2*6-2-1-10-5(9)4(8)3(2)7;. The maximum absolute atomic E-state index is 6.14. The number of aromatic nitrogens is 2. The molecule has 0 saturated carbocycles. The first-order valence-electron chi connectivity index (χ1n) is 5.11. The number of nitrogens with zero attached hydrogens (tertiary/aromatic N) is 2. The van der Waals surface area contributed by atoms with Crippen molar-refractivity contribution in [3.8, 4) is 0 Å². The summed E-state index contributed by atoms with van der Waals surface area (Å²) in [5.41, 5.74) is 0. The van der Waals surface area contributed by atoms with Gasteiger partial charge in [0.05, 0.1) is 0 Å². The second kappa shape index (κ2) is 7.63. The van der Waals surface area contributed by atoms with Crippen LogP contribution < -0.4 is 6.41 Å². The molecule has 0 aliphatic carbocycles. The van der Waals surface area contributed by atoms with Gasteiger partial charge in [-0.05, 0) is 0 Å². The van der Waals surface area contributed by atoms with Crippen LogP contribution in [0.5, 0.6) is 0 Å². The molecule has 2 heterocycles. The van der Waals surface area contributed by atoms with Crippen molar-refractivity contribution in [2.45, 2.75) is 0 Å². The van der Waals surface area contributed by atoms with Gasteiger partial charge in [0.15, 0.2) is 0 Å².